The zero-order chi connectivity index (χ0) is 17.7. The minimum Gasteiger partial charge on any atom is -0.491 e. The van der Waals surface area contributed by atoms with Gasteiger partial charge < -0.3 is 15.0 Å². The SMILES string of the molecule is Cc1nc(NC(=O)CCOc2ccccc2Cl)sc1C(=O)N(C)C. The first-order valence-electron chi connectivity index (χ1n) is 7.24. The highest BCUT2D eigenvalue weighted by molar-refractivity contribution is 7.17. The number of aromatic nitrogens is 1. The zero-order valence-electron chi connectivity index (χ0n) is 13.6. The second-order valence-corrected chi connectivity index (χ2v) is 6.62. The lowest BCUT2D eigenvalue weighted by molar-refractivity contribution is -0.116. The first-order chi connectivity index (χ1) is 11.4. The molecule has 0 aliphatic rings. The molecule has 0 aliphatic heterocycles. The molecule has 0 radical (unpaired) electrons. The molecule has 0 bridgehead atoms. The maximum Gasteiger partial charge on any atom is 0.265 e. The van der Waals surface area contributed by atoms with Crippen molar-refractivity contribution in [2.75, 3.05) is 26.0 Å². The van der Waals surface area contributed by atoms with Crippen LogP contribution in [0, 0.1) is 6.92 Å². The predicted molar refractivity (Wildman–Crippen MR) is 95.1 cm³/mol. The molecule has 0 unspecified atom stereocenters. The van der Waals surface area contributed by atoms with E-state index in [2.05, 4.69) is 10.3 Å². The third kappa shape index (κ3) is 4.69. The number of nitrogens with one attached hydrogen (secondary N) is 1. The van der Waals surface area contributed by atoms with Crippen LogP contribution >= 0.6 is 22.9 Å². The van der Waals surface area contributed by atoms with Crippen LogP contribution in [0.15, 0.2) is 24.3 Å². The number of anilines is 1. The van der Waals surface area contributed by atoms with Crippen LogP contribution < -0.4 is 10.1 Å². The fourth-order valence-electron chi connectivity index (χ4n) is 1.85. The molecule has 0 saturated heterocycles. The average molecular weight is 368 g/mol. The van der Waals surface area contributed by atoms with Gasteiger partial charge in [-0.3, -0.25) is 9.59 Å². The summed E-state index contributed by atoms with van der Waals surface area (Å²) >= 11 is 7.14. The van der Waals surface area contributed by atoms with E-state index >= 15 is 0 Å². The van der Waals surface area contributed by atoms with Gasteiger partial charge in [-0.15, -0.1) is 0 Å². The molecule has 0 fully saturated rings. The van der Waals surface area contributed by atoms with E-state index in [0.717, 1.165) is 11.3 Å². The number of carbonyl (C=O) groups excluding carboxylic acids is 2. The smallest absolute Gasteiger partial charge is 0.265 e. The summed E-state index contributed by atoms with van der Waals surface area (Å²) in [7, 11) is 3.34. The van der Waals surface area contributed by atoms with Crippen molar-refractivity contribution in [1.29, 1.82) is 0 Å². The van der Waals surface area contributed by atoms with Gasteiger partial charge in [0.25, 0.3) is 5.91 Å². The van der Waals surface area contributed by atoms with Gasteiger partial charge in [0.2, 0.25) is 5.91 Å². The Morgan fingerprint density at radius 3 is 2.71 bits per heavy atom. The lowest BCUT2D eigenvalue weighted by Gasteiger charge is -2.08. The van der Waals surface area contributed by atoms with E-state index in [1.54, 1.807) is 39.2 Å². The number of carbonyl (C=O) groups is 2. The Morgan fingerprint density at radius 2 is 2.04 bits per heavy atom. The lowest BCUT2D eigenvalue weighted by Crippen LogP contribution is -2.21. The third-order valence-electron chi connectivity index (χ3n) is 3.07. The number of benzene rings is 1. The quantitative estimate of drug-likeness (QED) is 0.850. The van der Waals surface area contributed by atoms with Gasteiger partial charge in [-0.2, -0.15) is 0 Å². The summed E-state index contributed by atoms with van der Waals surface area (Å²) < 4.78 is 5.47. The molecule has 6 nitrogen and oxygen atoms in total. The Kier molecular flexibility index (Phi) is 6.16. The fraction of sp³-hybridized carbons (Fsp3) is 0.312. The van der Waals surface area contributed by atoms with Crippen molar-refractivity contribution >= 4 is 39.9 Å². The molecule has 8 heteroatoms. The molecule has 0 saturated carbocycles. The van der Waals surface area contributed by atoms with E-state index in [1.807, 2.05) is 6.07 Å². The summed E-state index contributed by atoms with van der Waals surface area (Å²) in [5, 5.41) is 3.59. The number of hydrogen-bond donors (Lipinski definition) is 1. The van der Waals surface area contributed by atoms with Crippen molar-refractivity contribution in [2.45, 2.75) is 13.3 Å². The summed E-state index contributed by atoms with van der Waals surface area (Å²) in [4.78, 5) is 30.1. The van der Waals surface area contributed by atoms with Crippen LogP contribution in [0.5, 0.6) is 5.75 Å². The maximum atomic E-state index is 12.0. The molecule has 0 atom stereocenters. The third-order valence-corrected chi connectivity index (χ3v) is 4.44. The Morgan fingerprint density at radius 1 is 1.33 bits per heavy atom. The monoisotopic (exact) mass is 367 g/mol. The predicted octanol–water partition coefficient (Wildman–Crippen LogP) is 3.21. The number of nitrogens with zero attached hydrogens (tertiary/aromatic N) is 2. The van der Waals surface area contributed by atoms with E-state index in [1.165, 1.54) is 4.90 Å². The summed E-state index contributed by atoms with van der Waals surface area (Å²) in [6.07, 6.45) is 0.154. The van der Waals surface area contributed by atoms with E-state index in [-0.39, 0.29) is 24.8 Å². The van der Waals surface area contributed by atoms with Gasteiger partial charge in [-0.05, 0) is 19.1 Å². The second-order valence-electron chi connectivity index (χ2n) is 5.21. The van der Waals surface area contributed by atoms with E-state index in [9.17, 15) is 9.59 Å². The Balaban J connectivity index is 1.88. The lowest BCUT2D eigenvalue weighted by atomic mass is 10.3. The number of rotatable bonds is 6. The van der Waals surface area contributed by atoms with Crippen LogP contribution in [-0.2, 0) is 4.79 Å². The van der Waals surface area contributed by atoms with Crippen molar-refractivity contribution in [3.63, 3.8) is 0 Å². The van der Waals surface area contributed by atoms with Gasteiger partial charge >= 0.3 is 0 Å². The Hall–Kier alpha value is -2.12. The molecule has 0 aliphatic carbocycles. The van der Waals surface area contributed by atoms with Crippen LogP contribution in [0.2, 0.25) is 5.02 Å². The van der Waals surface area contributed by atoms with E-state index in [0.29, 0.717) is 26.5 Å². The molecule has 1 heterocycles. The number of halogens is 1. The van der Waals surface area contributed by atoms with Crippen LogP contribution in [0.1, 0.15) is 21.8 Å². The van der Waals surface area contributed by atoms with Crippen molar-refractivity contribution in [3.8, 4) is 5.75 Å². The van der Waals surface area contributed by atoms with Crippen LogP contribution in [0.25, 0.3) is 0 Å². The number of ether oxygens (including phenoxy) is 1. The Labute approximate surface area is 149 Å². The van der Waals surface area contributed by atoms with E-state index < -0.39 is 0 Å². The standard InChI is InChI=1S/C16H18ClN3O3S/c1-10-14(15(22)20(2)3)24-16(18-10)19-13(21)8-9-23-12-7-5-4-6-11(12)17/h4-7H,8-9H2,1-3H3,(H,18,19,21). The van der Waals surface area contributed by atoms with Crippen molar-refractivity contribution < 1.29 is 14.3 Å². The second kappa shape index (κ2) is 8.12. The highest BCUT2D eigenvalue weighted by Crippen LogP contribution is 2.24. The first kappa shape index (κ1) is 18.2. The van der Waals surface area contributed by atoms with Crippen LogP contribution in [0.3, 0.4) is 0 Å². The molecule has 0 spiro atoms. The molecule has 128 valence electrons. The number of aryl methyl sites for hydroxylation is 1. The number of amides is 2. The molecular weight excluding hydrogens is 350 g/mol. The maximum absolute atomic E-state index is 12.0. The highest BCUT2D eigenvalue weighted by atomic mass is 35.5. The highest BCUT2D eigenvalue weighted by Gasteiger charge is 2.17. The fourth-order valence-corrected chi connectivity index (χ4v) is 3.04. The largest absolute Gasteiger partial charge is 0.491 e. The topological polar surface area (TPSA) is 71.5 Å². The summed E-state index contributed by atoms with van der Waals surface area (Å²) in [5.41, 5.74) is 0.598. The molecule has 2 aromatic rings. The molecule has 1 aromatic carbocycles. The van der Waals surface area contributed by atoms with Gasteiger partial charge in [0.15, 0.2) is 5.13 Å². The molecule has 1 aromatic heterocycles. The van der Waals surface area contributed by atoms with Gasteiger partial charge in [-0.25, -0.2) is 4.98 Å². The first-order valence-corrected chi connectivity index (χ1v) is 8.44. The van der Waals surface area contributed by atoms with Crippen molar-refractivity contribution in [1.82, 2.24) is 9.88 Å². The number of para-hydroxylation sites is 1. The number of thiazole rings is 1. The Bertz CT molecular complexity index is 746. The van der Waals surface area contributed by atoms with Gasteiger partial charge in [0, 0.05) is 14.1 Å². The molecule has 24 heavy (non-hydrogen) atoms. The summed E-state index contributed by atoms with van der Waals surface area (Å²) in [6, 6.07) is 7.07. The van der Waals surface area contributed by atoms with Gasteiger partial charge in [0.1, 0.15) is 10.6 Å². The van der Waals surface area contributed by atoms with E-state index in [4.69, 9.17) is 16.3 Å². The number of hydrogen-bond acceptors (Lipinski definition) is 5. The van der Waals surface area contributed by atoms with Crippen LogP contribution in [0.4, 0.5) is 5.13 Å². The summed E-state index contributed by atoms with van der Waals surface area (Å²) in [6.45, 7) is 1.94. The van der Waals surface area contributed by atoms with Gasteiger partial charge in [0.05, 0.1) is 23.7 Å². The normalized spacial score (nSPS) is 10.3. The molecular formula is C16H18ClN3O3S. The molecule has 2 rings (SSSR count). The average Bonchev–Trinajstić information content (AvgIpc) is 2.88. The zero-order valence-corrected chi connectivity index (χ0v) is 15.2. The van der Waals surface area contributed by atoms with Crippen molar-refractivity contribution in [3.05, 3.63) is 39.9 Å². The molecule has 1 N–H and O–H groups in total. The summed E-state index contributed by atoms with van der Waals surface area (Å²) in [5.74, 6) is 0.170. The van der Waals surface area contributed by atoms with Crippen molar-refractivity contribution in [2.24, 2.45) is 0 Å². The molecule has 2 amide bonds. The minimum atomic E-state index is -0.236. The van der Waals surface area contributed by atoms with Gasteiger partial charge in [-0.1, -0.05) is 35.1 Å². The minimum absolute atomic E-state index is 0.132. The van der Waals surface area contributed by atoms with Crippen LogP contribution in [-0.4, -0.2) is 42.4 Å².